The van der Waals surface area contributed by atoms with Gasteiger partial charge in [-0.1, -0.05) is 32.0 Å². The van der Waals surface area contributed by atoms with E-state index in [-0.39, 0.29) is 22.3 Å². The molecule has 0 bridgehead atoms. The zero-order chi connectivity index (χ0) is 16.4. The zero-order valence-corrected chi connectivity index (χ0v) is 14.6. The molecule has 5 nitrogen and oxygen atoms in total. The van der Waals surface area contributed by atoms with Gasteiger partial charge in [0, 0.05) is 12.6 Å². The molecule has 1 aromatic rings. The lowest BCUT2D eigenvalue weighted by Gasteiger charge is -2.24. The topological polar surface area (TPSA) is 71.5 Å². The molecular formula is C15H23NO4S2. The van der Waals surface area contributed by atoms with E-state index in [4.69, 9.17) is 0 Å². The minimum Gasteiger partial charge on any atom is -0.224 e. The SMILES string of the molecule is CC(C)CS(=O)(=O)N1CCC[C@H]1CS(=O)(=O)c1ccccc1. The van der Waals surface area contributed by atoms with E-state index < -0.39 is 25.9 Å². The van der Waals surface area contributed by atoms with Gasteiger partial charge in [-0.25, -0.2) is 16.8 Å². The molecule has 1 aliphatic heterocycles. The average Bonchev–Trinajstić information content (AvgIpc) is 2.86. The number of rotatable bonds is 6. The van der Waals surface area contributed by atoms with E-state index in [1.165, 1.54) is 4.31 Å². The van der Waals surface area contributed by atoms with Crippen molar-refractivity contribution < 1.29 is 16.8 Å². The average molecular weight is 345 g/mol. The van der Waals surface area contributed by atoms with Crippen molar-refractivity contribution in [1.82, 2.24) is 4.31 Å². The fourth-order valence-electron chi connectivity index (χ4n) is 2.84. The molecule has 0 N–H and O–H groups in total. The summed E-state index contributed by atoms with van der Waals surface area (Å²) < 4.78 is 51.1. The summed E-state index contributed by atoms with van der Waals surface area (Å²) in [4.78, 5) is 0.253. The lowest BCUT2D eigenvalue weighted by atomic mass is 10.3. The van der Waals surface area contributed by atoms with Crippen molar-refractivity contribution in [2.45, 2.75) is 37.6 Å². The number of sulfonamides is 1. The summed E-state index contributed by atoms with van der Waals surface area (Å²) in [6.07, 6.45) is 1.32. The van der Waals surface area contributed by atoms with Crippen LogP contribution in [0.15, 0.2) is 35.2 Å². The van der Waals surface area contributed by atoms with Crippen LogP contribution < -0.4 is 0 Å². The molecule has 0 spiro atoms. The van der Waals surface area contributed by atoms with Gasteiger partial charge in [-0.15, -0.1) is 0 Å². The van der Waals surface area contributed by atoms with E-state index in [0.29, 0.717) is 19.4 Å². The first-order valence-electron chi connectivity index (χ1n) is 7.50. The Kier molecular flexibility index (Phi) is 5.29. The maximum Gasteiger partial charge on any atom is 0.214 e. The Morgan fingerprint density at radius 1 is 1.14 bits per heavy atom. The van der Waals surface area contributed by atoms with Gasteiger partial charge in [-0.3, -0.25) is 0 Å². The lowest BCUT2D eigenvalue weighted by Crippen LogP contribution is -2.41. The highest BCUT2D eigenvalue weighted by molar-refractivity contribution is 7.91. The molecule has 1 aromatic carbocycles. The first kappa shape index (κ1) is 17.4. The fourth-order valence-corrected chi connectivity index (χ4v) is 6.62. The van der Waals surface area contributed by atoms with E-state index in [9.17, 15) is 16.8 Å². The zero-order valence-electron chi connectivity index (χ0n) is 13.0. The van der Waals surface area contributed by atoms with Crippen LogP contribution in [-0.4, -0.2) is 45.2 Å². The molecule has 0 amide bonds. The molecule has 0 radical (unpaired) electrons. The Balaban J connectivity index is 2.19. The number of benzene rings is 1. The summed E-state index contributed by atoms with van der Waals surface area (Å²) in [6, 6.07) is 7.76. The van der Waals surface area contributed by atoms with Gasteiger partial charge in [-0.05, 0) is 30.9 Å². The van der Waals surface area contributed by atoms with Crippen LogP contribution in [0.4, 0.5) is 0 Å². The molecule has 1 aliphatic rings. The Morgan fingerprint density at radius 2 is 1.77 bits per heavy atom. The van der Waals surface area contributed by atoms with Crippen LogP contribution in [0.5, 0.6) is 0 Å². The third-order valence-corrected chi connectivity index (χ3v) is 7.84. The van der Waals surface area contributed by atoms with Gasteiger partial charge in [0.1, 0.15) is 0 Å². The largest absolute Gasteiger partial charge is 0.224 e. The predicted molar refractivity (Wildman–Crippen MR) is 86.8 cm³/mol. The highest BCUT2D eigenvalue weighted by atomic mass is 32.2. The second kappa shape index (κ2) is 6.68. The van der Waals surface area contributed by atoms with Crippen molar-refractivity contribution in [2.75, 3.05) is 18.1 Å². The van der Waals surface area contributed by atoms with E-state index in [2.05, 4.69) is 0 Å². The molecule has 22 heavy (non-hydrogen) atoms. The Labute approximate surface area is 133 Å². The molecule has 1 heterocycles. The van der Waals surface area contributed by atoms with Crippen LogP contribution in [0.3, 0.4) is 0 Å². The molecular weight excluding hydrogens is 322 g/mol. The van der Waals surface area contributed by atoms with E-state index in [1.54, 1.807) is 30.3 Å². The Bertz CT molecular complexity index is 696. The molecule has 0 aromatic heterocycles. The van der Waals surface area contributed by atoms with Gasteiger partial charge in [-0.2, -0.15) is 4.31 Å². The molecule has 124 valence electrons. The number of sulfone groups is 1. The van der Waals surface area contributed by atoms with Crippen LogP contribution in [0.25, 0.3) is 0 Å². The van der Waals surface area contributed by atoms with E-state index >= 15 is 0 Å². The molecule has 1 fully saturated rings. The lowest BCUT2D eigenvalue weighted by molar-refractivity contribution is 0.404. The minimum atomic E-state index is -3.47. The standard InChI is InChI=1S/C15H23NO4S2/c1-13(2)11-22(19,20)16-10-6-7-14(16)12-21(17,18)15-8-4-3-5-9-15/h3-5,8-9,13-14H,6-7,10-12H2,1-2H3/t14-/m0/s1. The monoisotopic (exact) mass is 345 g/mol. The van der Waals surface area contributed by atoms with Gasteiger partial charge >= 0.3 is 0 Å². The normalized spacial score (nSPS) is 20.6. The fraction of sp³-hybridized carbons (Fsp3) is 0.600. The summed E-state index contributed by atoms with van der Waals surface area (Å²) in [5.74, 6) is -0.0552. The van der Waals surface area contributed by atoms with E-state index in [1.807, 2.05) is 13.8 Å². The quantitative estimate of drug-likeness (QED) is 0.789. The maximum absolute atomic E-state index is 12.5. The molecule has 7 heteroatoms. The smallest absolute Gasteiger partial charge is 0.214 e. The summed E-state index contributed by atoms with van der Waals surface area (Å²) in [6.45, 7) is 4.12. The maximum atomic E-state index is 12.5. The van der Waals surface area contributed by atoms with Crippen molar-refractivity contribution in [3.63, 3.8) is 0 Å². The Hall–Kier alpha value is -0.920. The number of hydrogen-bond donors (Lipinski definition) is 0. The van der Waals surface area contributed by atoms with Gasteiger partial charge in [0.25, 0.3) is 0 Å². The third kappa shape index (κ3) is 4.08. The third-order valence-electron chi connectivity index (χ3n) is 3.74. The first-order chi connectivity index (χ1) is 10.2. The summed E-state index contributed by atoms with van der Waals surface area (Å²) in [5, 5.41) is 0. The molecule has 0 saturated carbocycles. The molecule has 2 rings (SSSR count). The van der Waals surface area contributed by atoms with Crippen LogP contribution in [0, 0.1) is 5.92 Å². The van der Waals surface area contributed by atoms with Gasteiger partial charge in [0.05, 0.1) is 16.4 Å². The Morgan fingerprint density at radius 3 is 2.36 bits per heavy atom. The molecule has 0 unspecified atom stereocenters. The minimum absolute atomic E-state index is 0.0250. The van der Waals surface area contributed by atoms with Gasteiger partial charge < -0.3 is 0 Å². The van der Waals surface area contributed by atoms with Crippen LogP contribution in [-0.2, 0) is 19.9 Å². The summed E-state index contributed by atoms with van der Waals surface area (Å²) >= 11 is 0. The highest BCUT2D eigenvalue weighted by Crippen LogP contribution is 2.25. The van der Waals surface area contributed by atoms with E-state index in [0.717, 1.165) is 0 Å². The number of nitrogens with zero attached hydrogens (tertiary/aromatic N) is 1. The van der Waals surface area contributed by atoms with Crippen LogP contribution in [0.1, 0.15) is 26.7 Å². The van der Waals surface area contributed by atoms with Gasteiger partial charge in [0.2, 0.25) is 10.0 Å². The first-order valence-corrected chi connectivity index (χ1v) is 10.8. The van der Waals surface area contributed by atoms with Crippen LogP contribution >= 0.6 is 0 Å². The second-order valence-electron chi connectivity index (χ2n) is 6.17. The molecule has 1 saturated heterocycles. The van der Waals surface area contributed by atoms with Crippen molar-refractivity contribution in [3.8, 4) is 0 Å². The number of hydrogen-bond acceptors (Lipinski definition) is 4. The van der Waals surface area contributed by atoms with Crippen molar-refractivity contribution in [1.29, 1.82) is 0 Å². The summed E-state index contributed by atoms with van der Waals surface area (Å²) in [7, 11) is -6.87. The predicted octanol–water partition coefficient (Wildman–Crippen LogP) is 1.91. The van der Waals surface area contributed by atoms with Crippen molar-refractivity contribution in [2.24, 2.45) is 5.92 Å². The summed E-state index contributed by atoms with van der Waals surface area (Å²) in [5.41, 5.74) is 0. The highest BCUT2D eigenvalue weighted by Gasteiger charge is 2.37. The molecule has 1 atom stereocenters. The van der Waals surface area contributed by atoms with Gasteiger partial charge in [0.15, 0.2) is 9.84 Å². The van der Waals surface area contributed by atoms with Crippen LogP contribution in [0.2, 0.25) is 0 Å². The van der Waals surface area contributed by atoms with Crippen molar-refractivity contribution >= 4 is 19.9 Å². The second-order valence-corrected chi connectivity index (χ2v) is 10.2. The molecule has 0 aliphatic carbocycles. The van der Waals surface area contributed by atoms with Crippen molar-refractivity contribution in [3.05, 3.63) is 30.3 Å².